The van der Waals surface area contributed by atoms with E-state index in [4.69, 9.17) is 27.9 Å². The lowest BCUT2D eigenvalue weighted by molar-refractivity contribution is 0.104. The fraction of sp³-hybridized carbons (Fsp3) is 0.0455. The van der Waals surface area contributed by atoms with Crippen LogP contribution in [0.3, 0.4) is 0 Å². The Morgan fingerprint density at radius 1 is 1.04 bits per heavy atom. The summed E-state index contributed by atoms with van der Waals surface area (Å²) >= 11 is 12.1. The van der Waals surface area contributed by atoms with Gasteiger partial charge in [-0.25, -0.2) is 0 Å². The monoisotopic (exact) mass is 408 g/mol. The normalized spacial score (nSPS) is 11.0. The highest BCUT2D eigenvalue weighted by Crippen LogP contribution is 2.27. The lowest BCUT2D eigenvalue weighted by atomic mass is 10.0. The molecule has 0 saturated heterocycles. The van der Waals surface area contributed by atoms with Gasteiger partial charge in [-0.3, -0.25) is 9.78 Å². The van der Waals surface area contributed by atoms with Gasteiger partial charge in [0.2, 0.25) is 5.78 Å². The van der Waals surface area contributed by atoms with E-state index >= 15 is 0 Å². The number of carbonyl (C=O) groups excluding carboxylic acids is 1. The van der Waals surface area contributed by atoms with Gasteiger partial charge in [0.15, 0.2) is 0 Å². The van der Waals surface area contributed by atoms with E-state index in [-0.39, 0.29) is 21.2 Å². The van der Waals surface area contributed by atoms with Crippen molar-refractivity contribution >= 4 is 35.1 Å². The summed E-state index contributed by atoms with van der Waals surface area (Å²) in [4.78, 5) is 16.6. The van der Waals surface area contributed by atoms with Crippen molar-refractivity contribution in [1.29, 1.82) is 5.26 Å². The van der Waals surface area contributed by atoms with E-state index < -0.39 is 5.78 Å². The number of hydrogen-bond acceptors (Lipinski definition) is 4. The molecule has 0 spiro atoms. The molecule has 1 heterocycles. The summed E-state index contributed by atoms with van der Waals surface area (Å²) in [7, 11) is 0. The van der Waals surface area contributed by atoms with Crippen LogP contribution in [0.15, 0.2) is 72.6 Å². The molecule has 1 aromatic heterocycles. The van der Waals surface area contributed by atoms with Crippen molar-refractivity contribution in [3.63, 3.8) is 0 Å². The summed E-state index contributed by atoms with van der Waals surface area (Å²) in [6.45, 7) is 0.421. The first-order valence-electron chi connectivity index (χ1n) is 8.31. The maximum absolute atomic E-state index is 12.7. The molecule has 6 heteroatoms. The summed E-state index contributed by atoms with van der Waals surface area (Å²) in [6.07, 6.45) is 4.91. The van der Waals surface area contributed by atoms with Crippen LogP contribution in [0.4, 0.5) is 0 Å². The van der Waals surface area contributed by atoms with Gasteiger partial charge in [-0.05, 0) is 53.6 Å². The van der Waals surface area contributed by atoms with Crippen LogP contribution in [0.5, 0.6) is 5.75 Å². The van der Waals surface area contributed by atoms with Gasteiger partial charge in [0.25, 0.3) is 0 Å². The Morgan fingerprint density at radius 2 is 1.68 bits per heavy atom. The summed E-state index contributed by atoms with van der Waals surface area (Å²) in [5.74, 6) is 0.157. The molecule has 0 amide bonds. The van der Waals surface area contributed by atoms with E-state index in [1.165, 1.54) is 6.08 Å². The van der Waals surface area contributed by atoms with E-state index in [0.29, 0.717) is 17.9 Å². The Hall–Kier alpha value is -3.13. The van der Waals surface area contributed by atoms with Crippen LogP contribution in [-0.4, -0.2) is 10.8 Å². The van der Waals surface area contributed by atoms with Crippen LogP contribution in [0.25, 0.3) is 6.08 Å². The predicted molar refractivity (Wildman–Crippen MR) is 109 cm³/mol. The quantitative estimate of drug-likeness (QED) is 0.295. The van der Waals surface area contributed by atoms with Gasteiger partial charge in [0.1, 0.15) is 24.0 Å². The summed E-state index contributed by atoms with van der Waals surface area (Å²) < 4.78 is 5.71. The van der Waals surface area contributed by atoms with E-state index in [1.807, 2.05) is 18.2 Å². The molecule has 0 aliphatic rings. The maximum Gasteiger partial charge on any atom is 0.206 e. The molecule has 138 valence electrons. The molecule has 0 aliphatic heterocycles. The lowest BCUT2D eigenvalue weighted by Crippen LogP contribution is -2.04. The zero-order valence-corrected chi connectivity index (χ0v) is 16.1. The molecule has 3 rings (SSSR count). The predicted octanol–water partition coefficient (Wildman–Crippen LogP) is 5.76. The number of hydrogen-bond donors (Lipinski definition) is 0. The zero-order chi connectivity index (χ0) is 19.9. The third-order valence-electron chi connectivity index (χ3n) is 3.90. The van der Waals surface area contributed by atoms with Crippen LogP contribution >= 0.6 is 23.2 Å². The number of Topliss-reactive ketones (excluding diaryl/α,β-unsaturated/α-hetero) is 1. The number of halogens is 2. The first-order chi connectivity index (χ1) is 13.6. The van der Waals surface area contributed by atoms with Crippen LogP contribution in [-0.2, 0) is 6.61 Å². The Morgan fingerprint density at radius 3 is 2.29 bits per heavy atom. The molecule has 0 aliphatic carbocycles. The van der Waals surface area contributed by atoms with Crippen LogP contribution in [0.2, 0.25) is 10.0 Å². The average molecular weight is 409 g/mol. The Bertz CT molecular complexity index is 1040. The molecule has 0 saturated carbocycles. The Labute approximate surface area is 172 Å². The molecular formula is C22H14Cl2N2O2. The third-order valence-corrected chi connectivity index (χ3v) is 4.53. The van der Waals surface area contributed by atoms with Crippen LogP contribution < -0.4 is 4.74 Å². The minimum atomic E-state index is -0.517. The molecule has 4 nitrogen and oxygen atoms in total. The molecule has 0 unspecified atom stereocenters. The fourth-order valence-electron chi connectivity index (χ4n) is 2.47. The van der Waals surface area contributed by atoms with Crippen molar-refractivity contribution in [2.75, 3.05) is 0 Å². The Balaban J connectivity index is 1.76. The first kappa shape index (κ1) is 19.6. The van der Waals surface area contributed by atoms with Gasteiger partial charge in [0.05, 0.1) is 15.6 Å². The number of nitriles is 1. The summed E-state index contributed by atoms with van der Waals surface area (Å²) in [5, 5.41) is 9.82. The van der Waals surface area contributed by atoms with E-state index in [1.54, 1.807) is 54.9 Å². The molecular weight excluding hydrogens is 395 g/mol. The molecule has 2 aromatic carbocycles. The van der Waals surface area contributed by atoms with Gasteiger partial charge in [-0.2, -0.15) is 5.26 Å². The molecule has 3 aromatic rings. The lowest BCUT2D eigenvalue weighted by Gasteiger charge is -2.07. The van der Waals surface area contributed by atoms with Gasteiger partial charge in [-0.15, -0.1) is 0 Å². The summed E-state index contributed by atoms with van der Waals surface area (Å²) in [6, 6.07) is 17.5. The SMILES string of the molecule is N#C/C(=C\c1ccc(OCc2ccncc2)cc1)C(=O)c1c(Cl)cccc1Cl. The smallest absolute Gasteiger partial charge is 0.206 e. The van der Waals surface area contributed by atoms with Crippen molar-refractivity contribution < 1.29 is 9.53 Å². The van der Waals surface area contributed by atoms with Gasteiger partial charge >= 0.3 is 0 Å². The second-order valence-corrected chi connectivity index (χ2v) is 6.62. The highest BCUT2D eigenvalue weighted by atomic mass is 35.5. The number of ether oxygens (including phenoxy) is 1. The van der Waals surface area contributed by atoms with Crippen molar-refractivity contribution in [2.45, 2.75) is 6.61 Å². The van der Waals surface area contributed by atoms with Crippen molar-refractivity contribution in [1.82, 2.24) is 4.98 Å². The molecule has 0 N–H and O–H groups in total. The maximum atomic E-state index is 12.7. The number of pyridine rings is 1. The number of allylic oxidation sites excluding steroid dienone is 1. The minimum Gasteiger partial charge on any atom is -0.489 e. The second-order valence-electron chi connectivity index (χ2n) is 5.81. The second kappa shape index (κ2) is 9.18. The number of benzene rings is 2. The largest absolute Gasteiger partial charge is 0.489 e. The fourth-order valence-corrected chi connectivity index (χ4v) is 3.04. The van der Waals surface area contributed by atoms with Gasteiger partial charge in [0, 0.05) is 12.4 Å². The first-order valence-corrected chi connectivity index (χ1v) is 9.06. The van der Waals surface area contributed by atoms with E-state index in [9.17, 15) is 10.1 Å². The number of carbonyl (C=O) groups is 1. The highest BCUT2D eigenvalue weighted by Gasteiger charge is 2.18. The van der Waals surface area contributed by atoms with Crippen LogP contribution in [0, 0.1) is 11.3 Å². The molecule has 0 atom stereocenters. The van der Waals surface area contributed by atoms with Gasteiger partial charge in [-0.1, -0.05) is 41.4 Å². The number of nitrogens with zero attached hydrogens (tertiary/aromatic N) is 2. The number of aromatic nitrogens is 1. The van der Waals surface area contributed by atoms with E-state index in [0.717, 1.165) is 5.56 Å². The van der Waals surface area contributed by atoms with Crippen molar-refractivity contribution in [2.24, 2.45) is 0 Å². The number of ketones is 1. The molecule has 0 bridgehead atoms. The number of rotatable bonds is 6. The van der Waals surface area contributed by atoms with E-state index in [2.05, 4.69) is 4.98 Å². The molecule has 0 radical (unpaired) electrons. The highest BCUT2D eigenvalue weighted by molar-refractivity contribution is 6.41. The van der Waals surface area contributed by atoms with Crippen LogP contribution in [0.1, 0.15) is 21.5 Å². The topological polar surface area (TPSA) is 63.0 Å². The molecule has 0 fully saturated rings. The van der Waals surface area contributed by atoms with Crippen molar-refractivity contribution in [3.05, 3.63) is 99.3 Å². The average Bonchev–Trinajstić information content (AvgIpc) is 2.72. The third kappa shape index (κ3) is 4.77. The Kier molecular flexibility index (Phi) is 6.44. The standard InChI is InChI=1S/C22H14Cl2N2O2/c23-19-2-1-3-20(24)21(19)22(27)17(13-25)12-15-4-6-18(7-5-15)28-14-16-8-10-26-11-9-16/h1-12H,14H2/b17-12+. The summed E-state index contributed by atoms with van der Waals surface area (Å²) in [5.41, 5.74) is 1.76. The molecule has 28 heavy (non-hydrogen) atoms. The zero-order valence-electron chi connectivity index (χ0n) is 14.6. The van der Waals surface area contributed by atoms with Gasteiger partial charge < -0.3 is 4.74 Å². The minimum absolute atomic E-state index is 0.0551. The van der Waals surface area contributed by atoms with Crippen molar-refractivity contribution in [3.8, 4) is 11.8 Å².